The van der Waals surface area contributed by atoms with Gasteiger partial charge in [-0.2, -0.15) is 0 Å². The summed E-state index contributed by atoms with van der Waals surface area (Å²) in [5, 5.41) is 2.57. The van der Waals surface area contributed by atoms with Crippen LogP contribution in [0.15, 0.2) is 18.2 Å². The van der Waals surface area contributed by atoms with Crippen molar-refractivity contribution in [3.8, 4) is 5.75 Å². The largest absolute Gasteiger partial charge is 0.468 e. The first-order valence-corrected chi connectivity index (χ1v) is 5.23. The van der Waals surface area contributed by atoms with Gasteiger partial charge < -0.3 is 9.47 Å². The van der Waals surface area contributed by atoms with Gasteiger partial charge in [-0.1, -0.05) is 18.2 Å². The Morgan fingerprint density at radius 3 is 3.07 bits per heavy atom. The molecular formula is C12H15BO2. The smallest absolute Gasteiger partial charge is 0.188 e. The summed E-state index contributed by atoms with van der Waals surface area (Å²) in [6.07, 6.45) is 5.69. The molecule has 0 aromatic heterocycles. The van der Waals surface area contributed by atoms with E-state index in [2.05, 4.69) is 32.1 Å². The van der Waals surface area contributed by atoms with Gasteiger partial charge in [0.15, 0.2) is 6.79 Å². The molecule has 0 heterocycles. The number of hydrogen-bond donors (Lipinski definition) is 0. The van der Waals surface area contributed by atoms with Crippen LogP contribution in [0.25, 0.3) is 12.2 Å². The molecule has 0 fully saturated rings. The van der Waals surface area contributed by atoms with E-state index in [0.29, 0.717) is 12.6 Å². The predicted octanol–water partition coefficient (Wildman–Crippen LogP) is 0.0556. The molecule has 0 spiro atoms. The molecule has 2 rings (SSSR count). The lowest BCUT2D eigenvalue weighted by atomic mass is 9.81. The van der Waals surface area contributed by atoms with E-state index in [1.165, 1.54) is 10.4 Å². The second-order valence-corrected chi connectivity index (χ2v) is 3.93. The molecule has 1 atom stereocenters. The molecule has 0 amide bonds. The SMILES string of the molecule is BC1C=c2cc(OCOC)ccc2=CC1. The summed E-state index contributed by atoms with van der Waals surface area (Å²) in [6, 6.07) is 6.15. The second kappa shape index (κ2) is 4.54. The summed E-state index contributed by atoms with van der Waals surface area (Å²) in [7, 11) is 3.85. The molecule has 1 aliphatic carbocycles. The monoisotopic (exact) mass is 202 g/mol. The average molecular weight is 202 g/mol. The zero-order valence-electron chi connectivity index (χ0n) is 9.19. The van der Waals surface area contributed by atoms with Crippen LogP contribution in [-0.2, 0) is 4.74 Å². The van der Waals surface area contributed by atoms with Crippen molar-refractivity contribution in [3.63, 3.8) is 0 Å². The summed E-state index contributed by atoms with van der Waals surface area (Å²) in [6.45, 7) is 0.304. The minimum Gasteiger partial charge on any atom is -0.468 e. The summed E-state index contributed by atoms with van der Waals surface area (Å²) >= 11 is 0. The molecular weight excluding hydrogens is 187 g/mol. The van der Waals surface area contributed by atoms with Crippen LogP contribution in [0, 0.1) is 0 Å². The van der Waals surface area contributed by atoms with Crippen molar-refractivity contribution >= 4 is 20.0 Å². The van der Waals surface area contributed by atoms with Gasteiger partial charge in [0.05, 0.1) is 0 Å². The Balaban J connectivity index is 2.33. The Morgan fingerprint density at radius 1 is 1.40 bits per heavy atom. The topological polar surface area (TPSA) is 18.5 Å². The lowest BCUT2D eigenvalue weighted by Crippen LogP contribution is -2.27. The molecule has 0 aliphatic heterocycles. The lowest BCUT2D eigenvalue weighted by molar-refractivity contribution is 0.0510. The third-order valence-corrected chi connectivity index (χ3v) is 2.58. The molecule has 2 nitrogen and oxygen atoms in total. The first-order chi connectivity index (χ1) is 7.29. The van der Waals surface area contributed by atoms with E-state index in [9.17, 15) is 0 Å². The number of ether oxygens (including phenoxy) is 2. The van der Waals surface area contributed by atoms with E-state index in [4.69, 9.17) is 9.47 Å². The molecule has 1 aliphatic rings. The van der Waals surface area contributed by atoms with Crippen LogP contribution in [0.3, 0.4) is 0 Å². The standard InChI is InChI=1S/C12H15BO2/c1-14-8-15-12-5-3-9-2-4-11(13)6-10(9)7-12/h2-3,5-7,11H,4,8,13H2,1H3. The average Bonchev–Trinajstić information content (AvgIpc) is 2.25. The molecule has 15 heavy (non-hydrogen) atoms. The van der Waals surface area contributed by atoms with Gasteiger partial charge in [-0.25, -0.2) is 0 Å². The molecule has 0 radical (unpaired) electrons. The van der Waals surface area contributed by atoms with Gasteiger partial charge >= 0.3 is 0 Å². The van der Waals surface area contributed by atoms with E-state index in [1.807, 2.05) is 6.07 Å². The van der Waals surface area contributed by atoms with E-state index >= 15 is 0 Å². The highest BCUT2D eigenvalue weighted by molar-refractivity contribution is 6.15. The van der Waals surface area contributed by atoms with Crippen molar-refractivity contribution in [1.29, 1.82) is 0 Å². The van der Waals surface area contributed by atoms with Gasteiger partial charge in [0.25, 0.3) is 0 Å². The van der Waals surface area contributed by atoms with E-state index in [-0.39, 0.29) is 0 Å². The molecule has 0 bridgehead atoms. The second-order valence-electron chi connectivity index (χ2n) is 3.93. The summed E-state index contributed by atoms with van der Waals surface area (Å²) in [5.41, 5.74) is 0. The Labute approximate surface area is 90.6 Å². The third-order valence-electron chi connectivity index (χ3n) is 2.58. The summed E-state index contributed by atoms with van der Waals surface area (Å²) in [4.78, 5) is 0. The van der Waals surface area contributed by atoms with E-state index in [1.54, 1.807) is 7.11 Å². The highest BCUT2D eigenvalue weighted by Gasteiger charge is 2.02. The first-order valence-electron chi connectivity index (χ1n) is 5.23. The third kappa shape index (κ3) is 2.42. The maximum atomic E-state index is 5.40. The Hall–Kier alpha value is -1.22. The van der Waals surface area contributed by atoms with Crippen molar-refractivity contribution < 1.29 is 9.47 Å². The predicted molar refractivity (Wildman–Crippen MR) is 64.0 cm³/mol. The van der Waals surface area contributed by atoms with Gasteiger partial charge in [0.2, 0.25) is 0 Å². The zero-order valence-corrected chi connectivity index (χ0v) is 9.19. The molecule has 78 valence electrons. The highest BCUT2D eigenvalue weighted by Crippen LogP contribution is 2.11. The fourth-order valence-corrected chi connectivity index (χ4v) is 1.79. The van der Waals surface area contributed by atoms with E-state index < -0.39 is 0 Å². The minimum atomic E-state index is 0.304. The molecule has 3 heteroatoms. The van der Waals surface area contributed by atoms with Gasteiger partial charge in [-0.05, 0) is 34.8 Å². The summed E-state index contributed by atoms with van der Waals surface area (Å²) in [5.74, 6) is 1.49. The molecule has 0 saturated heterocycles. The Morgan fingerprint density at radius 2 is 2.27 bits per heavy atom. The van der Waals surface area contributed by atoms with E-state index in [0.717, 1.165) is 12.2 Å². The number of benzene rings is 1. The Bertz CT molecular complexity index is 453. The quantitative estimate of drug-likeness (QED) is 0.509. The van der Waals surface area contributed by atoms with Crippen LogP contribution in [0.1, 0.15) is 6.42 Å². The van der Waals surface area contributed by atoms with Gasteiger partial charge in [-0.15, -0.1) is 0 Å². The van der Waals surface area contributed by atoms with Crippen molar-refractivity contribution in [3.05, 3.63) is 28.6 Å². The summed E-state index contributed by atoms with van der Waals surface area (Å²) < 4.78 is 10.3. The first kappa shape index (κ1) is 10.3. The minimum absolute atomic E-state index is 0.304. The Kier molecular flexibility index (Phi) is 3.12. The molecule has 1 aromatic carbocycles. The van der Waals surface area contributed by atoms with Crippen LogP contribution >= 0.6 is 0 Å². The molecule has 1 aromatic rings. The number of fused-ring (bicyclic) bond motifs is 1. The highest BCUT2D eigenvalue weighted by atomic mass is 16.7. The van der Waals surface area contributed by atoms with Crippen molar-refractivity contribution in [2.75, 3.05) is 13.9 Å². The number of hydrogen-bond acceptors (Lipinski definition) is 2. The van der Waals surface area contributed by atoms with Crippen molar-refractivity contribution in [2.24, 2.45) is 0 Å². The maximum Gasteiger partial charge on any atom is 0.188 e. The maximum absolute atomic E-state index is 5.40. The fraction of sp³-hybridized carbons (Fsp3) is 0.333. The van der Waals surface area contributed by atoms with Gasteiger partial charge in [0.1, 0.15) is 13.6 Å². The number of rotatable bonds is 3. The van der Waals surface area contributed by atoms with Crippen LogP contribution in [-0.4, -0.2) is 21.7 Å². The molecule has 0 N–H and O–H groups in total. The molecule has 1 unspecified atom stereocenters. The van der Waals surface area contributed by atoms with Gasteiger partial charge in [0, 0.05) is 7.11 Å². The van der Waals surface area contributed by atoms with Crippen LogP contribution in [0.5, 0.6) is 5.75 Å². The van der Waals surface area contributed by atoms with Crippen LogP contribution in [0.2, 0.25) is 5.82 Å². The lowest BCUT2D eigenvalue weighted by Gasteiger charge is -2.09. The van der Waals surface area contributed by atoms with Crippen molar-refractivity contribution in [2.45, 2.75) is 12.2 Å². The normalized spacial score (nSPS) is 18.6. The number of methoxy groups -OCH3 is 1. The van der Waals surface area contributed by atoms with Crippen molar-refractivity contribution in [1.82, 2.24) is 0 Å². The zero-order chi connectivity index (χ0) is 10.7. The van der Waals surface area contributed by atoms with Gasteiger partial charge in [-0.3, -0.25) is 0 Å². The molecule has 0 saturated carbocycles. The van der Waals surface area contributed by atoms with Crippen LogP contribution < -0.4 is 15.2 Å². The van der Waals surface area contributed by atoms with Crippen LogP contribution in [0.4, 0.5) is 0 Å². The fourth-order valence-electron chi connectivity index (χ4n) is 1.79.